The molecule has 0 aliphatic carbocycles. The summed E-state index contributed by atoms with van der Waals surface area (Å²) in [6.45, 7) is 2.14. The Morgan fingerprint density at radius 2 is 2.29 bits per heavy atom. The fraction of sp³-hybridized carbons (Fsp3) is 0.400. The van der Waals surface area contributed by atoms with Crippen molar-refractivity contribution >= 4 is 11.5 Å². The lowest BCUT2D eigenvalue weighted by Crippen LogP contribution is -2.21. The number of carbonyl (C=O) groups is 1. The van der Waals surface area contributed by atoms with E-state index in [1.165, 1.54) is 6.92 Å². The van der Waals surface area contributed by atoms with Gasteiger partial charge in [0.1, 0.15) is 5.69 Å². The van der Waals surface area contributed by atoms with E-state index in [0.29, 0.717) is 12.2 Å². The first kappa shape index (κ1) is 10.7. The van der Waals surface area contributed by atoms with Gasteiger partial charge in [-0.05, 0) is 12.1 Å². The molecule has 0 saturated heterocycles. The molecule has 4 nitrogen and oxygen atoms in total. The maximum absolute atomic E-state index is 10.9. The number of anilines is 1. The first-order chi connectivity index (χ1) is 6.65. The number of pyridine rings is 1. The molecule has 0 bridgehead atoms. The van der Waals surface area contributed by atoms with Crippen LogP contribution in [0.3, 0.4) is 0 Å². The van der Waals surface area contributed by atoms with Gasteiger partial charge in [0.25, 0.3) is 0 Å². The van der Waals surface area contributed by atoms with Crippen LogP contribution >= 0.6 is 0 Å². The standard InChI is InChI=1S/C10H14N2O2/c1-8(14)10-4-3-9(7-11-10)12(2)5-6-13/h3-4,7,13H,5-6H2,1-2H3. The second-order valence-electron chi connectivity index (χ2n) is 3.10. The van der Waals surface area contributed by atoms with Crippen molar-refractivity contribution in [2.45, 2.75) is 6.92 Å². The molecule has 1 aromatic rings. The van der Waals surface area contributed by atoms with Gasteiger partial charge in [-0.15, -0.1) is 0 Å². The number of aliphatic hydroxyl groups is 1. The minimum atomic E-state index is -0.0404. The average Bonchev–Trinajstić information content (AvgIpc) is 2.18. The highest BCUT2D eigenvalue weighted by Gasteiger charge is 2.03. The summed E-state index contributed by atoms with van der Waals surface area (Å²) in [6.07, 6.45) is 1.63. The van der Waals surface area contributed by atoms with Crippen LogP contribution in [-0.2, 0) is 0 Å². The zero-order valence-electron chi connectivity index (χ0n) is 8.40. The Bertz CT molecular complexity index is 308. The minimum Gasteiger partial charge on any atom is -0.395 e. The summed E-state index contributed by atoms with van der Waals surface area (Å²) in [7, 11) is 1.86. The van der Waals surface area contributed by atoms with Gasteiger partial charge < -0.3 is 10.0 Å². The molecule has 76 valence electrons. The molecule has 1 rings (SSSR count). The molecule has 0 atom stereocenters. The summed E-state index contributed by atoms with van der Waals surface area (Å²) in [5.41, 5.74) is 1.36. The van der Waals surface area contributed by atoms with Gasteiger partial charge in [-0.2, -0.15) is 0 Å². The zero-order chi connectivity index (χ0) is 10.6. The first-order valence-corrected chi connectivity index (χ1v) is 4.44. The number of Topliss-reactive ketones (excluding diaryl/α,β-unsaturated/α-hetero) is 1. The third-order valence-corrected chi connectivity index (χ3v) is 1.98. The number of rotatable bonds is 4. The predicted octanol–water partition coefficient (Wildman–Crippen LogP) is 0.713. The fourth-order valence-electron chi connectivity index (χ4n) is 1.10. The van der Waals surface area contributed by atoms with E-state index in [9.17, 15) is 4.79 Å². The Kier molecular flexibility index (Phi) is 3.59. The van der Waals surface area contributed by atoms with E-state index in [1.807, 2.05) is 18.0 Å². The average molecular weight is 194 g/mol. The van der Waals surface area contributed by atoms with E-state index < -0.39 is 0 Å². The third kappa shape index (κ3) is 2.53. The summed E-state index contributed by atoms with van der Waals surface area (Å²) in [5, 5.41) is 8.72. The second-order valence-corrected chi connectivity index (χ2v) is 3.10. The van der Waals surface area contributed by atoms with Gasteiger partial charge in [0, 0.05) is 20.5 Å². The van der Waals surface area contributed by atoms with Crippen molar-refractivity contribution in [3.05, 3.63) is 24.0 Å². The normalized spacial score (nSPS) is 9.93. The van der Waals surface area contributed by atoms with Crippen LogP contribution in [0, 0.1) is 0 Å². The lowest BCUT2D eigenvalue weighted by atomic mass is 10.2. The number of likely N-dealkylation sites (N-methyl/N-ethyl adjacent to an activating group) is 1. The predicted molar refractivity (Wildman–Crippen MR) is 54.6 cm³/mol. The summed E-state index contributed by atoms with van der Waals surface area (Å²) in [4.78, 5) is 16.8. The SMILES string of the molecule is CC(=O)c1ccc(N(C)CCO)cn1. The van der Waals surface area contributed by atoms with Crippen LogP contribution in [0.15, 0.2) is 18.3 Å². The van der Waals surface area contributed by atoms with Crippen LogP contribution in [-0.4, -0.2) is 36.1 Å². The largest absolute Gasteiger partial charge is 0.395 e. The summed E-state index contributed by atoms with van der Waals surface area (Å²) in [5.74, 6) is -0.0404. The van der Waals surface area contributed by atoms with Crippen LogP contribution in [0.25, 0.3) is 0 Å². The Hall–Kier alpha value is -1.42. The molecule has 14 heavy (non-hydrogen) atoms. The summed E-state index contributed by atoms with van der Waals surface area (Å²) < 4.78 is 0. The molecular weight excluding hydrogens is 180 g/mol. The van der Waals surface area contributed by atoms with Gasteiger partial charge in [-0.25, -0.2) is 0 Å². The molecule has 0 aliphatic rings. The van der Waals surface area contributed by atoms with Gasteiger partial charge in [-0.3, -0.25) is 9.78 Å². The highest BCUT2D eigenvalue weighted by Crippen LogP contribution is 2.10. The molecular formula is C10H14N2O2. The van der Waals surface area contributed by atoms with Gasteiger partial charge in [0.05, 0.1) is 18.5 Å². The molecule has 0 fully saturated rings. The van der Waals surface area contributed by atoms with E-state index in [2.05, 4.69) is 4.98 Å². The molecule has 1 heterocycles. The Labute approximate surface area is 83.2 Å². The maximum Gasteiger partial charge on any atom is 0.178 e. The highest BCUT2D eigenvalue weighted by atomic mass is 16.3. The molecule has 0 spiro atoms. The van der Waals surface area contributed by atoms with Crippen molar-refractivity contribution < 1.29 is 9.90 Å². The van der Waals surface area contributed by atoms with Gasteiger partial charge in [0.15, 0.2) is 5.78 Å². The molecule has 0 aliphatic heterocycles. The van der Waals surface area contributed by atoms with Crippen molar-refractivity contribution in [2.24, 2.45) is 0 Å². The lowest BCUT2D eigenvalue weighted by molar-refractivity contribution is 0.101. The topological polar surface area (TPSA) is 53.4 Å². The second kappa shape index (κ2) is 4.72. The Morgan fingerprint density at radius 1 is 1.57 bits per heavy atom. The quantitative estimate of drug-likeness (QED) is 0.717. The van der Waals surface area contributed by atoms with Crippen molar-refractivity contribution in [1.82, 2.24) is 4.98 Å². The van der Waals surface area contributed by atoms with Crippen molar-refractivity contribution in [3.8, 4) is 0 Å². The van der Waals surface area contributed by atoms with Gasteiger partial charge in [0.2, 0.25) is 0 Å². The number of aliphatic hydroxyl groups excluding tert-OH is 1. The molecule has 1 aromatic heterocycles. The maximum atomic E-state index is 10.9. The van der Waals surface area contributed by atoms with E-state index in [-0.39, 0.29) is 12.4 Å². The first-order valence-electron chi connectivity index (χ1n) is 4.44. The minimum absolute atomic E-state index is 0.0404. The Morgan fingerprint density at radius 3 is 2.71 bits per heavy atom. The number of nitrogens with zero attached hydrogens (tertiary/aromatic N) is 2. The number of aromatic nitrogens is 1. The van der Waals surface area contributed by atoms with Crippen LogP contribution in [0.4, 0.5) is 5.69 Å². The van der Waals surface area contributed by atoms with E-state index in [1.54, 1.807) is 12.3 Å². The van der Waals surface area contributed by atoms with Crippen molar-refractivity contribution in [3.63, 3.8) is 0 Å². The lowest BCUT2D eigenvalue weighted by Gasteiger charge is -2.17. The summed E-state index contributed by atoms with van der Waals surface area (Å²) >= 11 is 0. The van der Waals surface area contributed by atoms with Crippen LogP contribution < -0.4 is 4.90 Å². The molecule has 1 N–H and O–H groups in total. The number of carbonyl (C=O) groups excluding carboxylic acids is 1. The van der Waals surface area contributed by atoms with E-state index >= 15 is 0 Å². The highest BCUT2D eigenvalue weighted by molar-refractivity contribution is 5.92. The molecule has 4 heteroatoms. The molecule has 0 amide bonds. The van der Waals surface area contributed by atoms with Gasteiger partial charge in [-0.1, -0.05) is 0 Å². The third-order valence-electron chi connectivity index (χ3n) is 1.98. The number of ketones is 1. The molecule has 0 radical (unpaired) electrons. The van der Waals surface area contributed by atoms with Crippen molar-refractivity contribution in [2.75, 3.05) is 25.1 Å². The zero-order valence-corrected chi connectivity index (χ0v) is 8.40. The smallest absolute Gasteiger partial charge is 0.178 e. The van der Waals surface area contributed by atoms with Crippen molar-refractivity contribution in [1.29, 1.82) is 0 Å². The molecule has 0 unspecified atom stereocenters. The molecule has 0 aromatic carbocycles. The molecule has 0 saturated carbocycles. The number of hydrogen-bond donors (Lipinski definition) is 1. The van der Waals surface area contributed by atoms with Crippen LogP contribution in [0.2, 0.25) is 0 Å². The number of hydrogen-bond acceptors (Lipinski definition) is 4. The van der Waals surface area contributed by atoms with Crippen LogP contribution in [0.5, 0.6) is 0 Å². The van der Waals surface area contributed by atoms with E-state index in [0.717, 1.165) is 5.69 Å². The van der Waals surface area contributed by atoms with Crippen LogP contribution in [0.1, 0.15) is 17.4 Å². The Balaban J connectivity index is 2.77. The summed E-state index contributed by atoms with van der Waals surface area (Å²) in [6, 6.07) is 3.50. The fourth-order valence-corrected chi connectivity index (χ4v) is 1.10. The van der Waals surface area contributed by atoms with Gasteiger partial charge >= 0.3 is 0 Å². The van der Waals surface area contributed by atoms with E-state index in [4.69, 9.17) is 5.11 Å². The monoisotopic (exact) mass is 194 g/mol.